The van der Waals surface area contributed by atoms with E-state index in [1.807, 2.05) is 19.9 Å². The summed E-state index contributed by atoms with van der Waals surface area (Å²) in [5.41, 5.74) is 8.59. The lowest BCUT2D eigenvalue weighted by Gasteiger charge is -2.27. The molecule has 0 radical (unpaired) electrons. The Morgan fingerprint density at radius 3 is 2.53 bits per heavy atom. The Hall–Kier alpha value is -1.31. The molecule has 1 aliphatic rings. The van der Waals surface area contributed by atoms with Gasteiger partial charge in [-0.05, 0) is 31.0 Å². The second-order valence-corrected chi connectivity index (χ2v) is 6.26. The van der Waals surface area contributed by atoms with Gasteiger partial charge < -0.3 is 10.5 Å². The van der Waals surface area contributed by atoms with Crippen molar-refractivity contribution in [2.75, 3.05) is 36.8 Å². The number of anilines is 2. The van der Waals surface area contributed by atoms with E-state index in [0.717, 1.165) is 11.1 Å². The fourth-order valence-electron chi connectivity index (χ4n) is 1.95. The van der Waals surface area contributed by atoms with Gasteiger partial charge >= 0.3 is 10.2 Å². The van der Waals surface area contributed by atoms with Gasteiger partial charge in [-0.1, -0.05) is 6.07 Å². The van der Waals surface area contributed by atoms with Gasteiger partial charge in [0, 0.05) is 13.1 Å². The Bertz CT molecular complexity index is 566. The molecule has 0 unspecified atom stereocenters. The number of morpholine rings is 1. The van der Waals surface area contributed by atoms with Crippen LogP contribution in [0.4, 0.5) is 11.4 Å². The van der Waals surface area contributed by atoms with Gasteiger partial charge in [-0.2, -0.15) is 12.7 Å². The Kier molecular flexibility index (Phi) is 3.98. The van der Waals surface area contributed by atoms with Crippen LogP contribution in [0.15, 0.2) is 12.1 Å². The number of nitrogen functional groups attached to an aromatic ring is 1. The van der Waals surface area contributed by atoms with E-state index >= 15 is 0 Å². The topological polar surface area (TPSA) is 84.7 Å². The van der Waals surface area contributed by atoms with E-state index in [-0.39, 0.29) is 0 Å². The number of nitrogens with one attached hydrogen (secondary N) is 1. The van der Waals surface area contributed by atoms with E-state index in [1.165, 1.54) is 4.31 Å². The molecule has 1 heterocycles. The molecular formula is C12H19N3O3S. The number of nitrogens with zero attached hydrogens (tertiary/aromatic N) is 1. The molecular weight excluding hydrogens is 266 g/mol. The summed E-state index contributed by atoms with van der Waals surface area (Å²) in [4.78, 5) is 0. The van der Waals surface area contributed by atoms with Gasteiger partial charge in [0.1, 0.15) is 0 Å². The lowest BCUT2D eigenvalue weighted by atomic mass is 10.1. The van der Waals surface area contributed by atoms with Crippen LogP contribution >= 0.6 is 0 Å². The van der Waals surface area contributed by atoms with Crippen molar-refractivity contribution in [2.24, 2.45) is 0 Å². The van der Waals surface area contributed by atoms with Gasteiger partial charge in [-0.25, -0.2) is 0 Å². The zero-order valence-electron chi connectivity index (χ0n) is 11.1. The van der Waals surface area contributed by atoms with Crippen LogP contribution in [0.25, 0.3) is 0 Å². The number of rotatable bonds is 3. The highest BCUT2D eigenvalue weighted by atomic mass is 32.2. The molecule has 1 aromatic rings. The molecule has 0 aliphatic carbocycles. The number of nitrogens with two attached hydrogens (primary N) is 1. The first-order chi connectivity index (χ1) is 8.92. The average Bonchev–Trinajstić information content (AvgIpc) is 2.40. The predicted octanol–water partition coefficient (Wildman–Crippen LogP) is 0.875. The lowest BCUT2D eigenvalue weighted by molar-refractivity contribution is 0.0733. The molecule has 1 fully saturated rings. The molecule has 19 heavy (non-hydrogen) atoms. The molecule has 0 saturated carbocycles. The van der Waals surface area contributed by atoms with Gasteiger partial charge in [-0.15, -0.1) is 0 Å². The largest absolute Gasteiger partial charge is 0.397 e. The maximum absolute atomic E-state index is 12.3. The molecule has 0 aromatic heterocycles. The van der Waals surface area contributed by atoms with Gasteiger partial charge in [0.2, 0.25) is 0 Å². The van der Waals surface area contributed by atoms with Crippen molar-refractivity contribution in [1.82, 2.24) is 4.31 Å². The molecule has 1 saturated heterocycles. The highest BCUT2D eigenvalue weighted by Gasteiger charge is 2.25. The summed E-state index contributed by atoms with van der Waals surface area (Å²) in [5, 5.41) is 0. The van der Waals surface area contributed by atoms with E-state index in [0.29, 0.717) is 37.7 Å². The second-order valence-electron chi connectivity index (χ2n) is 4.59. The fourth-order valence-corrected chi connectivity index (χ4v) is 3.24. The van der Waals surface area contributed by atoms with E-state index in [4.69, 9.17) is 10.5 Å². The standard InChI is InChI=1S/C12H19N3O3S/c1-9-3-4-11(13)12(10(9)2)14-19(16,17)15-5-7-18-8-6-15/h3-4,14H,5-8,13H2,1-2H3. The number of aryl methyl sites for hydroxylation is 1. The molecule has 2 rings (SSSR count). The average molecular weight is 285 g/mol. The number of hydrogen-bond donors (Lipinski definition) is 2. The van der Waals surface area contributed by atoms with E-state index < -0.39 is 10.2 Å². The fraction of sp³-hybridized carbons (Fsp3) is 0.500. The van der Waals surface area contributed by atoms with Crippen LogP contribution in [0.5, 0.6) is 0 Å². The summed E-state index contributed by atoms with van der Waals surface area (Å²) in [6.07, 6.45) is 0. The third-order valence-electron chi connectivity index (χ3n) is 3.31. The number of ether oxygens (including phenoxy) is 1. The Balaban J connectivity index is 2.27. The van der Waals surface area contributed by atoms with Crippen LogP contribution in [0.1, 0.15) is 11.1 Å². The Labute approximate surface area is 113 Å². The minimum Gasteiger partial charge on any atom is -0.397 e. The first kappa shape index (κ1) is 14.1. The maximum Gasteiger partial charge on any atom is 0.301 e. The lowest BCUT2D eigenvalue weighted by Crippen LogP contribution is -2.43. The van der Waals surface area contributed by atoms with Crippen molar-refractivity contribution >= 4 is 21.6 Å². The first-order valence-corrected chi connectivity index (χ1v) is 7.57. The molecule has 1 aromatic carbocycles. The van der Waals surface area contributed by atoms with Crippen LogP contribution in [0.2, 0.25) is 0 Å². The summed E-state index contributed by atoms with van der Waals surface area (Å²) in [7, 11) is -3.57. The molecule has 1 aliphatic heterocycles. The minimum atomic E-state index is -3.57. The van der Waals surface area contributed by atoms with Crippen molar-refractivity contribution < 1.29 is 13.2 Å². The molecule has 6 nitrogen and oxygen atoms in total. The zero-order valence-corrected chi connectivity index (χ0v) is 12.0. The molecule has 0 atom stereocenters. The molecule has 7 heteroatoms. The molecule has 3 N–H and O–H groups in total. The number of hydrogen-bond acceptors (Lipinski definition) is 4. The minimum absolute atomic E-state index is 0.361. The molecule has 106 valence electrons. The second kappa shape index (κ2) is 5.36. The molecule has 0 amide bonds. The third kappa shape index (κ3) is 2.99. The van der Waals surface area contributed by atoms with Gasteiger partial charge in [-0.3, -0.25) is 4.72 Å². The Morgan fingerprint density at radius 1 is 1.26 bits per heavy atom. The normalized spacial score (nSPS) is 17.4. The van der Waals surface area contributed by atoms with E-state index in [2.05, 4.69) is 4.72 Å². The van der Waals surface area contributed by atoms with Crippen LogP contribution in [-0.4, -0.2) is 39.0 Å². The molecule has 0 spiro atoms. The van der Waals surface area contributed by atoms with Crippen molar-refractivity contribution in [2.45, 2.75) is 13.8 Å². The zero-order chi connectivity index (χ0) is 14.0. The van der Waals surface area contributed by atoms with Crippen molar-refractivity contribution in [1.29, 1.82) is 0 Å². The third-order valence-corrected chi connectivity index (χ3v) is 4.82. The van der Waals surface area contributed by atoms with Crippen molar-refractivity contribution in [3.8, 4) is 0 Å². The van der Waals surface area contributed by atoms with Crippen molar-refractivity contribution in [3.63, 3.8) is 0 Å². The summed E-state index contributed by atoms with van der Waals surface area (Å²) in [5.74, 6) is 0. The molecule has 0 bridgehead atoms. The Morgan fingerprint density at radius 2 is 1.89 bits per heavy atom. The van der Waals surface area contributed by atoms with Gasteiger partial charge in [0.05, 0.1) is 24.6 Å². The van der Waals surface area contributed by atoms with Crippen LogP contribution < -0.4 is 10.5 Å². The van der Waals surface area contributed by atoms with E-state index in [1.54, 1.807) is 6.07 Å². The SMILES string of the molecule is Cc1ccc(N)c(NS(=O)(=O)N2CCOCC2)c1C. The van der Waals surface area contributed by atoms with Gasteiger partial charge in [0.15, 0.2) is 0 Å². The summed E-state index contributed by atoms with van der Waals surface area (Å²) >= 11 is 0. The van der Waals surface area contributed by atoms with Crippen LogP contribution in [0.3, 0.4) is 0 Å². The first-order valence-electron chi connectivity index (χ1n) is 6.13. The predicted molar refractivity (Wildman–Crippen MR) is 75.3 cm³/mol. The highest BCUT2D eigenvalue weighted by molar-refractivity contribution is 7.90. The summed E-state index contributed by atoms with van der Waals surface area (Å²) in [6, 6.07) is 3.58. The summed E-state index contributed by atoms with van der Waals surface area (Å²) in [6.45, 7) is 5.33. The maximum atomic E-state index is 12.3. The van der Waals surface area contributed by atoms with Crippen LogP contribution in [0, 0.1) is 13.8 Å². The smallest absolute Gasteiger partial charge is 0.301 e. The quantitative estimate of drug-likeness (QED) is 0.807. The number of benzene rings is 1. The monoisotopic (exact) mass is 285 g/mol. The van der Waals surface area contributed by atoms with Gasteiger partial charge in [0.25, 0.3) is 0 Å². The highest BCUT2D eigenvalue weighted by Crippen LogP contribution is 2.27. The van der Waals surface area contributed by atoms with Crippen LogP contribution in [-0.2, 0) is 14.9 Å². The summed E-state index contributed by atoms with van der Waals surface area (Å²) < 4.78 is 33.7. The van der Waals surface area contributed by atoms with Crippen molar-refractivity contribution in [3.05, 3.63) is 23.3 Å². The van der Waals surface area contributed by atoms with E-state index in [9.17, 15) is 8.42 Å².